The fourth-order valence-corrected chi connectivity index (χ4v) is 2.51. The van der Waals surface area contributed by atoms with Crippen molar-refractivity contribution in [3.63, 3.8) is 0 Å². The molecule has 1 atom stereocenters. The Morgan fingerprint density at radius 2 is 2.12 bits per heavy atom. The van der Waals surface area contributed by atoms with E-state index in [0.29, 0.717) is 6.54 Å². The summed E-state index contributed by atoms with van der Waals surface area (Å²) in [7, 11) is 0. The Bertz CT molecular complexity index is 294. The SMILES string of the molecule is CC(=O)N(C[C@H]1CCCN1C(=O)CCl)C(C)C. The van der Waals surface area contributed by atoms with Crippen LogP contribution < -0.4 is 0 Å². The maximum Gasteiger partial charge on any atom is 0.237 e. The van der Waals surface area contributed by atoms with Crippen molar-refractivity contribution in [2.24, 2.45) is 0 Å². The number of amides is 2. The molecule has 17 heavy (non-hydrogen) atoms. The Morgan fingerprint density at radius 3 is 2.59 bits per heavy atom. The van der Waals surface area contributed by atoms with Gasteiger partial charge in [-0.3, -0.25) is 9.59 Å². The van der Waals surface area contributed by atoms with Gasteiger partial charge in [0, 0.05) is 32.1 Å². The summed E-state index contributed by atoms with van der Waals surface area (Å²) in [5, 5.41) is 0. The van der Waals surface area contributed by atoms with E-state index in [-0.39, 0.29) is 29.8 Å². The third-order valence-corrected chi connectivity index (χ3v) is 3.48. The highest BCUT2D eigenvalue weighted by atomic mass is 35.5. The summed E-state index contributed by atoms with van der Waals surface area (Å²) in [6, 6.07) is 0.300. The number of carbonyl (C=O) groups is 2. The number of halogens is 1. The van der Waals surface area contributed by atoms with E-state index in [0.717, 1.165) is 19.4 Å². The third kappa shape index (κ3) is 3.60. The molecule has 5 heteroatoms. The molecule has 0 aliphatic carbocycles. The van der Waals surface area contributed by atoms with E-state index >= 15 is 0 Å². The van der Waals surface area contributed by atoms with Crippen molar-refractivity contribution < 1.29 is 9.59 Å². The van der Waals surface area contributed by atoms with Crippen LogP contribution in [0.15, 0.2) is 0 Å². The summed E-state index contributed by atoms with van der Waals surface area (Å²) >= 11 is 5.59. The molecular weight excluding hydrogens is 240 g/mol. The Morgan fingerprint density at radius 1 is 1.47 bits per heavy atom. The van der Waals surface area contributed by atoms with Crippen LogP contribution in [0.3, 0.4) is 0 Å². The van der Waals surface area contributed by atoms with Crippen LogP contribution in [0, 0.1) is 0 Å². The Balaban J connectivity index is 2.65. The molecule has 1 aliphatic rings. The molecule has 1 fully saturated rings. The Hall–Kier alpha value is -0.770. The number of carbonyl (C=O) groups excluding carboxylic acids is 2. The number of nitrogens with zero attached hydrogens (tertiary/aromatic N) is 2. The van der Waals surface area contributed by atoms with Gasteiger partial charge in [-0.15, -0.1) is 11.6 Å². The van der Waals surface area contributed by atoms with Crippen LogP contribution in [-0.4, -0.2) is 52.7 Å². The van der Waals surface area contributed by atoms with Crippen LogP contribution in [0.5, 0.6) is 0 Å². The molecule has 0 aromatic rings. The second kappa shape index (κ2) is 6.24. The molecule has 0 unspecified atom stereocenters. The molecule has 1 rings (SSSR count). The lowest BCUT2D eigenvalue weighted by Crippen LogP contribution is -2.47. The predicted molar refractivity (Wildman–Crippen MR) is 68.0 cm³/mol. The van der Waals surface area contributed by atoms with Crippen molar-refractivity contribution in [2.75, 3.05) is 19.0 Å². The number of hydrogen-bond acceptors (Lipinski definition) is 2. The molecule has 0 N–H and O–H groups in total. The van der Waals surface area contributed by atoms with Gasteiger partial charge in [-0.1, -0.05) is 0 Å². The molecule has 2 amide bonds. The molecule has 0 spiro atoms. The summed E-state index contributed by atoms with van der Waals surface area (Å²) < 4.78 is 0. The molecule has 0 aromatic heterocycles. The lowest BCUT2D eigenvalue weighted by molar-refractivity contribution is -0.135. The standard InChI is InChI=1S/C12H21ClN2O2/c1-9(2)15(10(3)16)8-11-5-4-6-14(11)12(17)7-13/h9,11H,4-8H2,1-3H3/t11-/m1/s1. The molecule has 0 bridgehead atoms. The van der Waals surface area contributed by atoms with Gasteiger partial charge < -0.3 is 9.80 Å². The Kier molecular flexibility index (Phi) is 5.25. The number of rotatable bonds is 4. The van der Waals surface area contributed by atoms with E-state index in [1.807, 2.05) is 23.6 Å². The zero-order chi connectivity index (χ0) is 13.0. The average Bonchev–Trinajstić information content (AvgIpc) is 2.71. The zero-order valence-corrected chi connectivity index (χ0v) is 11.5. The normalized spacial score (nSPS) is 19.8. The molecule has 98 valence electrons. The van der Waals surface area contributed by atoms with Gasteiger partial charge in [0.15, 0.2) is 0 Å². The topological polar surface area (TPSA) is 40.6 Å². The fraction of sp³-hybridized carbons (Fsp3) is 0.833. The van der Waals surface area contributed by atoms with Crippen molar-refractivity contribution in [3.05, 3.63) is 0 Å². The maximum atomic E-state index is 11.6. The fourth-order valence-electron chi connectivity index (χ4n) is 2.36. The second-order valence-electron chi connectivity index (χ2n) is 4.78. The monoisotopic (exact) mass is 260 g/mol. The van der Waals surface area contributed by atoms with Gasteiger partial charge in [-0.05, 0) is 26.7 Å². The molecule has 0 radical (unpaired) electrons. The first-order valence-corrected chi connectivity index (χ1v) is 6.63. The van der Waals surface area contributed by atoms with Gasteiger partial charge in [0.05, 0.1) is 0 Å². The summed E-state index contributed by atoms with van der Waals surface area (Å²) in [6.45, 7) is 6.94. The second-order valence-corrected chi connectivity index (χ2v) is 5.05. The van der Waals surface area contributed by atoms with Crippen molar-refractivity contribution in [1.29, 1.82) is 0 Å². The first-order valence-electron chi connectivity index (χ1n) is 6.10. The quantitative estimate of drug-likeness (QED) is 0.719. The maximum absolute atomic E-state index is 11.6. The van der Waals surface area contributed by atoms with Gasteiger partial charge in [0.1, 0.15) is 5.88 Å². The summed E-state index contributed by atoms with van der Waals surface area (Å²) in [5.41, 5.74) is 0. The zero-order valence-electron chi connectivity index (χ0n) is 10.8. The molecule has 1 heterocycles. The van der Waals surface area contributed by atoms with Crippen molar-refractivity contribution in [1.82, 2.24) is 9.80 Å². The van der Waals surface area contributed by atoms with Gasteiger partial charge in [0.25, 0.3) is 0 Å². The van der Waals surface area contributed by atoms with Crippen molar-refractivity contribution in [3.8, 4) is 0 Å². The summed E-state index contributed by atoms with van der Waals surface area (Å²) in [5.74, 6) is 0.0599. The van der Waals surface area contributed by atoms with Gasteiger partial charge in [-0.2, -0.15) is 0 Å². The van der Waals surface area contributed by atoms with E-state index < -0.39 is 0 Å². The van der Waals surface area contributed by atoms with E-state index in [9.17, 15) is 9.59 Å². The van der Waals surface area contributed by atoms with Gasteiger partial charge in [0.2, 0.25) is 11.8 Å². The molecule has 0 aromatic carbocycles. The molecule has 4 nitrogen and oxygen atoms in total. The summed E-state index contributed by atoms with van der Waals surface area (Å²) in [6.07, 6.45) is 1.95. The average molecular weight is 261 g/mol. The van der Waals surface area contributed by atoms with E-state index in [2.05, 4.69) is 0 Å². The molecule has 0 saturated carbocycles. The molecule has 1 aliphatic heterocycles. The van der Waals surface area contributed by atoms with Crippen LogP contribution in [0.2, 0.25) is 0 Å². The lowest BCUT2D eigenvalue weighted by atomic mass is 10.2. The number of likely N-dealkylation sites (tertiary alicyclic amines) is 1. The minimum absolute atomic E-state index is 0.0260. The van der Waals surface area contributed by atoms with Crippen molar-refractivity contribution in [2.45, 2.75) is 45.7 Å². The smallest absolute Gasteiger partial charge is 0.237 e. The van der Waals surface area contributed by atoms with Crippen LogP contribution in [-0.2, 0) is 9.59 Å². The number of hydrogen-bond donors (Lipinski definition) is 0. The summed E-state index contributed by atoms with van der Waals surface area (Å²) in [4.78, 5) is 26.8. The highest BCUT2D eigenvalue weighted by Crippen LogP contribution is 2.19. The Labute approximate surface area is 108 Å². The van der Waals surface area contributed by atoms with Crippen LogP contribution in [0.25, 0.3) is 0 Å². The molecule has 1 saturated heterocycles. The number of alkyl halides is 1. The largest absolute Gasteiger partial charge is 0.338 e. The predicted octanol–water partition coefficient (Wildman–Crippen LogP) is 1.47. The third-order valence-electron chi connectivity index (χ3n) is 3.25. The minimum atomic E-state index is -0.0265. The highest BCUT2D eigenvalue weighted by Gasteiger charge is 2.30. The van der Waals surface area contributed by atoms with E-state index in [1.165, 1.54) is 0 Å². The lowest BCUT2D eigenvalue weighted by Gasteiger charge is -2.32. The van der Waals surface area contributed by atoms with Crippen LogP contribution in [0.1, 0.15) is 33.6 Å². The first kappa shape index (κ1) is 14.3. The van der Waals surface area contributed by atoms with Crippen LogP contribution >= 0.6 is 11.6 Å². The molecular formula is C12H21ClN2O2. The minimum Gasteiger partial charge on any atom is -0.338 e. The van der Waals surface area contributed by atoms with E-state index in [1.54, 1.807) is 6.92 Å². The van der Waals surface area contributed by atoms with Gasteiger partial charge in [-0.25, -0.2) is 0 Å². The highest BCUT2D eigenvalue weighted by molar-refractivity contribution is 6.27. The van der Waals surface area contributed by atoms with Crippen LogP contribution in [0.4, 0.5) is 0 Å². The van der Waals surface area contributed by atoms with E-state index in [4.69, 9.17) is 11.6 Å². The van der Waals surface area contributed by atoms with Crippen molar-refractivity contribution >= 4 is 23.4 Å². The first-order chi connectivity index (χ1) is 7.97. The van der Waals surface area contributed by atoms with Gasteiger partial charge >= 0.3 is 0 Å².